The Kier molecular flexibility index (Phi) is 4.20. The van der Waals surface area contributed by atoms with Crippen LogP contribution in [0.5, 0.6) is 0 Å². The molecule has 1 aliphatic heterocycles. The molecule has 0 bridgehead atoms. The van der Waals surface area contributed by atoms with Crippen molar-refractivity contribution in [2.45, 2.75) is 57.0 Å². The Morgan fingerprint density at radius 3 is 2.12 bits per heavy atom. The average molecular weight is 244 g/mol. The summed E-state index contributed by atoms with van der Waals surface area (Å²) in [4.78, 5) is 0. The van der Waals surface area contributed by atoms with Crippen molar-refractivity contribution in [1.29, 1.82) is 0 Å². The summed E-state index contributed by atoms with van der Waals surface area (Å²) >= 11 is 1.86. The van der Waals surface area contributed by atoms with Crippen molar-refractivity contribution in [2.24, 2.45) is 5.41 Å². The van der Waals surface area contributed by atoms with Crippen LogP contribution in [-0.2, 0) is 0 Å². The minimum Gasteiger partial charge on any atom is -0.396 e. The van der Waals surface area contributed by atoms with Gasteiger partial charge in [-0.1, -0.05) is 25.7 Å². The first-order valence-corrected chi connectivity index (χ1v) is 7.79. The predicted molar refractivity (Wildman–Crippen MR) is 68.7 cm³/mol. The van der Waals surface area contributed by atoms with Gasteiger partial charge in [0, 0.05) is 11.2 Å². The zero-order valence-corrected chi connectivity index (χ0v) is 10.9. The fraction of sp³-hybridized carbons (Fsp3) is 1.00. The van der Waals surface area contributed by atoms with E-state index in [4.69, 9.17) is 0 Å². The standard InChI is InChI=1S/C13H24O2S/c14-10-12(6-3-1-2-4-7-12)13(15)8-5-9-16-11-13/h14-15H,1-11H2. The zero-order valence-electron chi connectivity index (χ0n) is 10.1. The minimum absolute atomic E-state index is 0.171. The third-order valence-corrected chi connectivity index (χ3v) is 5.83. The van der Waals surface area contributed by atoms with Crippen LogP contribution in [0.25, 0.3) is 0 Å². The SMILES string of the molecule is OCC1(C2(O)CCCSC2)CCCCCC1. The molecule has 2 aliphatic rings. The molecule has 2 fully saturated rings. The van der Waals surface area contributed by atoms with E-state index >= 15 is 0 Å². The van der Waals surface area contributed by atoms with E-state index in [9.17, 15) is 10.2 Å². The summed E-state index contributed by atoms with van der Waals surface area (Å²) in [7, 11) is 0. The highest BCUT2D eigenvalue weighted by Gasteiger charge is 2.49. The highest BCUT2D eigenvalue weighted by Crippen LogP contribution is 2.48. The van der Waals surface area contributed by atoms with Crippen LogP contribution in [0, 0.1) is 5.41 Å². The minimum atomic E-state index is -0.602. The van der Waals surface area contributed by atoms with Gasteiger partial charge in [0.25, 0.3) is 0 Å². The molecule has 1 heterocycles. The van der Waals surface area contributed by atoms with Gasteiger partial charge >= 0.3 is 0 Å². The smallest absolute Gasteiger partial charge is 0.0815 e. The molecule has 1 aliphatic carbocycles. The molecule has 16 heavy (non-hydrogen) atoms. The largest absolute Gasteiger partial charge is 0.396 e. The number of aliphatic hydroxyl groups excluding tert-OH is 1. The molecular weight excluding hydrogens is 220 g/mol. The summed E-state index contributed by atoms with van der Waals surface area (Å²) in [5, 5.41) is 20.7. The number of rotatable bonds is 2. The molecule has 2 N–H and O–H groups in total. The van der Waals surface area contributed by atoms with E-state index < -0.39 is 5.60 Å². The molecular formula is C13H24O2S. The highest BCUT2D eigenvalue weighted by molar-refractivity contribution is 7.99. The van der Waals surface area contributed by atoms with Crippen LogP contribution in [0.3, 0.4) is 0 Å². The number of thioether (sulfide) groups is 1. The summed E-state index contributed by atoms with van der Waals surface area (Å²) in [5.74, 6) is 2.00. The molecule has 0 amide bonds. The summed E-state index contributed by atoms with van der Waals surface area (Å²) < 4.78 is 0. The topological polar surface area (TPSA) is 40.5 Å². The van der Waals surface area contributed by atoms with Crippen molar-refractivity contribution in [3.8, 4) is 0 Å². The summed E-state index contributed by atoms with van der Waals surface area (Å²) in [6, 6.07) is 0. The fourth-order valence-electron chi connectivity index (χ4n) is 3.37. The Labute approximate surface area is 103 Å². The first kappa shape index (κ1) is 12.7. The van der Waals surface area contributed by atoms with Gasteiger partial charge in [0.15, 0.2) is 0 Å². The van der Waals surface area contributed by atoms with Crippen LogP contribution in [-0.4, -0.2) is 33.9 Å². The second kappa shape index (κ2) is 5.28. The Hall–Kier alpha value is 0.270. The fourth-order valence-corrected chi connectivity index (χ4v) is 4.66. The van der Waals surface area contributed by atoms with Gasteiger partial charge in [-0.25, -0.2) is 0 Å². The quantitative estimate of drug-likeness (QED) is 0.734. The first-order chi connectivity index (χ1) is 7.72. The molecule has 1 atom stereocenters. The van der Waals surface area contributed by atoms with Crippen molar-refractivity contribution in [2.75, 3.05) is 18.1 Å². The van der Waals surface area contributed by atoms with E-state index in [1.165, 1.54) is 31.4 Å². The molecule has 94 valence electrons. The van der Waals surface area contributed by atoms with Gasteiger partial charge in [0.05, 0.1) is 12.2 Å². The lowest BCUT2D eigenvalue weighted by atomic mass is 9.66. The Balaban J connectivity index is 2.16. The maximum Gasteiger partial charge on any atom is 0.0815 e. The Bertz CT molecular complexity index is 216. The van der Waals surface area contributed by atoms with Gasteiger partial charge in [0.1, 0.15) is 0 Å². The molecule has 1 saturated heterocycles. The molecule has 0 aromatic heterocycles. The molecule has 3 heteroatoms. The van der Waals surface area contributed by atoms with Gasteiger partial charge in [-0.05, 0) is 31.4 Å². The van der Waals surface area contributed by atoms with Gasteiger partial charge in [-0.2, -0.15) is 11.8 Å². The third kappa shape index (κ3) is 2.27. The van der Waals surface area contributed by atoms with Crippen molar-refractivity contribution in [1.82, 2.24) is 0 Å². The number of hydrogen-bond acceptors (Lipinski definition) is 3. The van der Waals surface area contributed by atoms with E-state index in [1.54, 1.807) is 0 Å². The molecule has 1 unspecified atom stereocenters. The third-order valence-electron chi connectivity index (χ3n) is 4.57. The van der Waals surface area contributed by atoms with Crippen LogP contribution in [0.15, 0.2) is 0 Å². The van der Waals surface area contributed by atoms with Crippen LogP contribution in [0.2, 0.25) is 0 Å². The molecule has 2 rings (SSSR count). The van der Waals surface area contributed by atoms with Gasteiger partial charge in [0.2, 0.25) is 0 Å². The number of aliphatic hydroxyl groups is 2. The highest BCUT2D eigenvalue weighted by atomic mass is 32.2. The first-order valence-electron chi connectivity index (χ1n) is 6.63. The maximum atomic E-state index is 10.9. The van der Waals surface area contributed by atoms with E-state index in [0.29, 0.717) is 0 Å². The van der Waals surface area contributed by atoms with Crippen molar-refractivity contribution >= 4 is 11.8 Å². The second-order valence-corrected chi connectivity index (χ2v) is 6.65. The van der Waals surface area contributed by atoms with Crippen molar-refractivity contribution in [3.05, 3.63) is 0 Å². The Morgan fingerprint density at radius 1 is 0.938 bits per heavy atom. The predicted octanol–water partition coefficient (Wildman–Crippen LogP) is 2.58. The van der Waals surface area contributed by atoms with E-state index in [-0.39, 0.29) is 12.0 Å². The Morgan fingerprint density at radius 2 is 1.62 bits per heavy atom. The van der Waals surface area contributed by atoms with Crippen molar-refractivity contribution < 1.29 is 10.2 Å². The van der Waals surface area contributed by atoms with E-state index in [2.05, 4.69) is 0 Å². The van der Waals surface area contributed by atoms with Crippen LogP contribution in [0.4, 0.5) is 0 Å². The van der Waals surface area contributed by atoms with Gasteiger partial charge in [-0.15, -0.1) is 0 Å². The molecule has 0 spiro atoms. The summed E-state index contributed by atoms with van der Waals surface area (Å²) in [6.07, 6.45) is 8.90. The van der Waals surface area contributed by atoms with E-state index in [0.717, 1.165) is 31.4 Å². The molecule has 0 radical (unpaired) electrons. The zero-order chi connectivity index (χ0) is 11.5. The van der Waals surface area contributed by atoms with Gasteiger partial charge in [-0.3, -0.25) is 0 Å². The van der Waals surface area contributed by atoms with Gasteiger partial charge < -0.3 is 10.2 Å². The lowest BCUT2D eigenvalue weighted by molar-refractivity contribution is -0.109. The number of hydrogen-bond donors (Lipinski definition) is 2. The van der Waals surface area contributed by atoms with Crippen LogP contribution >= 0.6 is 11.8 Å². The monoisotopic (exact) mass is 244 g/mol. The lowest BCUT2D eigenvalue weighted by Gasteiger charge is -2.48. The molecule has 0 aromatic carbocycles. The summed E-state index contributed by atoms with van der Waals surface area (Å²) in [5.41, 5.74) is -0.800. The molecule has 2 nitrogen and oxygen atoms in total. The average Bonchev–Trinajstić information content (AvgIpc) is 2.56. The molecule has 1 saturated carbocycles. The van der Waals surface area contributed by atoms with Crippen LogP contribution < -0.4 is 0 Å². The van der Waals surface area contributed by atoms with Crippen molar-refractivity contribution in [3.63, 3.8) is 0 Å². The lowest BCUT2D eigenvalue weighted by Crippen LogP contribution is -2.53. The normalized spacial score (nSPS) is 35.6. The molecule has 0 aromatic rings. The second-order valence-electron chi connectivity index (χ2n) is 5.54. The van der Waals surface area contributed by atoms with E-state index in [1.807, 2.05) is 11.8 Å². The maximum absolute atomic E-state index is 10.9. The van der Waals surface area contributed by atoms with Crippen LogP contribution in [0.1, 0.15) is 51.4 Å². The summed E-state index contributed by atoms with van der Waals surface area (Å²) in [6.45, 7) is 0.171.